The van der Waals surface area contributed by atoms with E-state index < -0.39 is 17.5 Å². The van der Waals surface area contributed by atoms with Crippen LogP contribution in [0.3, 0.4) is 0 Å². The molecule has 0 amide bonds. The Balaban J connectivity index is 2.68. The van der Waals surface area contributed by atoms with Gasteiger partial charge in [0.2, 0.25) is 5.76 Å². The van der Waals surface area contributed by atoms with E-state index in [9.17, 15) is 9.18 Å². The second kappa shape index (κ2) is 3.94. The SMILES string of the molecule is O=C(O)c1ocnc1-c1c(F)cccc1Cl. The predicted octanol–water partition coefficient (Wildman–Crippen LogP) is 2.83. The molecule has 4 nitrogen and oxygen atoms in total. The summed E-state index contributed by atoms with van der Waals surface area (Å²) in [6.07, 6.45) is 0.932. The van der Waals surface area contributed by atoms with Crippen LogP contribution in [0.2, 0.25) is 5.02 Å². The standard InChI is InChI=1S/C10H5ClFNO3/c11-5-2-1-3-6(12)7(5)8-9(10(14)15)16-4-13-8/h1-4H,(H,14,15). The summed E-state index contributed by atoms with van der Waals surface area (Å²) in [7, 11) is 0. The molecule has 2 aromatic rings. The third kappa shape index (κ3) is 1.65. The Bertz CT molecular complexity index is 532. The highest BCUT2D eigenvalue weighted by Gasteiger charge is 2.22. The van der Waals surface area contributed by atoms with E-state index >= 15 is 0 Å². The molecule has 0 spiro atoms. The molecule has 0 radical (unpaired) electrons. The minimum absolute atomic E-state index is 0.0738. The highest BCUT2D eigenvalue weighted by atomic mass is 35.5. The van der Waals surface area contributed by atoms with Crippen molar-refractivity contribution in [3.05, 3.63) is 41.2 Å². The second-order valence-corrected chi connectivity index (χ2v) is 3.34. The van der Waals surface area contributed by atoms with Gasteiger partial charge in [0.1, 0.15) is 11.5 Å². The lowest BCUT2D eigenvalue weighted by atomic mass is 10.1. The summed E-state index contributed by atoms with van der Waals surface area (Å²) in [5.41, 5.74) is -0.189. The van der Waals surface area contributed by atoms with Gasteiger partial charge < -0.3 is 9.52 Å². The summed E-state index contributed by atoms with van der Waals surface area (Å²) >= 11 is 5.78. The highest BCUT2D eigenvalue weighted by molar-refractivity contribution is 6.33. The van der Waals surface area contributed by atoms with Crippen molar-refractivity contribution in [2.75, 3.05) is 0 Å². The van der Waals surface area contributed by atoms with Gasteiger partial charge in [-0.25, -0.2) is 14.2 Å². The van der Waals surface area contributed by atoms with Gasteiger partial charge in [0.05, 0.1) is 10.6 Å². The van der Waals surface area contributed by atoms with Crippen molar-refractivity contribution in [2.24, 2.45) is 0 Å². The number of benzene rings is 1. The molecule has 6 heteroatoms. The molecule has 0 saturated carbocycles. The number of aromatic carboxylic acids is 1. The van der Waals surface area contributed by atoms with Crippen LogP contribution in [0.5, 0.6) is 0 Å². The second-order valence-electron chi connectivity index (χ2n) is 2.93. The van der Waals surface area contributed by atoms with E-state index in [0.29, 0.717) is 0 Å². The maximum atomic E-state index is 13.5. The Labute approximate surface area is 94.3 Å². The molecule has 0 atom stereocenters. The van der Waals surface area contributed by atoms with Crippen LogP contribution in [0.25, 0.3) is 11.3 Å². The molecule has 0 aliphatic heterocycles. The molecular weight excluding hydrogens is 237 g/mol. The fraction of sp³-hybridized carbons (Fsp3) is 0. The van der Waals surface area contributed by atoms with Gasteiger partial charge in [-0.1, -0.05) is 17.7 Å². The van der Waals surface area contributed by atoms with Crippen molar-refractivity contribution in [1.82, 2.24) is 4.98 Å². The molecule has 0 aliphatic rings. The third-order valence-electron chi connectivity index (χ3n) is 1.96. The van der Waals surface area contributed by atoms with Crippen molar-refractivity contribution in [3.63, 3.8) is 0 Å². The molecule has 82 valence electrons. The largest absolute Gasteiger partial charge is 0.475 e. The molecule has 0 unspecified atom stereocenters. The average molecular weight is 242 g/mol. The molecule has 1 heterocycles. The van der Waals surface area contributed by atoms with Crippen LogP contribution in [-0.4, -0.2) is 16.1 Å². The molecule has 16 heavy (non-hydrogen) atoms. The van der Waals surface area contributed by atoms with Gasteiger partial charge >= 0.3 is 5.97 Å². The lowest BCUT2D eigenvalue weighted by molar-refractivity contribution is 0.0663. The molecular formula is C10H5ClFNO3. The molecule has 1 aromatic carbocycles. The Hall–Kier alpha value is -1.88. The van der Waals surface area contributed by atoms with Gasteiger partial charge in [0.25, 0.3) is 0 Å². The maximum absolute atomic E-state index is 13.5. The number of carbonyl (C=O) groups is 1. The number of carboxylic acids is 1. The van der Waals surface area contributed by atoms with E-state index in [4.69, 9.17) is 16.7 Å². The molecule has 0 aliphatic carbocycles. The van der Waals surface area contributed by atoms with Crippen LogP contribution < -0.4 is 0 Å². The van der Waals surface area contributed by atoms with Crippen molar-refractivity contribution in [3.8, 4) is 11.3 Å². The average Bonchev–Trinajstić information content (AvgIpc) is 2.66. The van der Waals surface area contributed by atoms with E-state index in [0.717, 1.165) is 6.39 Å². The summed E-state index contributed by atoms with van der Waals surface area (Å²) in [5.74, 6) is -2.41. The van der Waals surface area contributed by atoms with Crippen molar-refractivity contribution < 1.29 is 18.7 Å². The number of carboxylic acid groups (broad SMARTS) is 1. The Kier molecular flexibility index (Phi) is 2.62. The number of hydrogen-bond donors (Lipinski definition) is 1. The quantitative estimate of drug-likeness (QED) is 0.878. The van der Waals surface area contributed by atoms with E-state index in [2.05, 4.69) is 9.40 Å². The first kappa shape index (κ1) is 10.6. The van der Waals surface area contributed by atoms with Crippen LogP contribution in [0.4, 0.5) is 4.39 Å². The van der Waals surface area contributed by atoms with Crippen LogP contribution in [-0.2, 0) is 0 Å². The van der Waals surface area contributed by atoms with Crippen LogP contribution in [0, 0.1) is 5.82 Å². The topological polar surface area (TPSA) is 63.3 Å². The van der Waals surface area contributed by atoms with Gasteiger partial charge in [0, 0.05) is 0 Å². The minimum Gasteiger partial charge on any atom is -0.475 e. The summed E-state index contributed by atoms with van der Waals surface area (Å²) in [4.78, 5) is 14.4. The van der Waals surface area contributed by atoms with Gasteiger partial charge in [-0.15, -0.1) is 0 Å². The normalized spacial score (nSPS) is 10.4. The smallest absolute Gasteiger partial charge is 0.374 e. The number of halogens is 2. The molecule has 0 saturated heterocycles. The highest BCUT2D eigenvalue weighted by Crippen LogP contribution is 2.31. The van der Waals surface area contributed by atoms with Gasteiger partial charge in [-0.2, -0.15) is 0 Å². The van der Waals surface area contributed by atoms with Gasteiger partial charge in [-0.3, -0.25) is 0 Å². The van der Waals surface area contributed by atoms with E-state index in [1.165, 1.54) is 18.2 Å². The van der Waals surface area contributed by atoms with Crippen molar-refractivity contribution in [2.45, 2.75) is 0 Å². The zero-order valence-electron chi connectivity index (χ0n) is 7.78. The number of hydrogen-bond acceptors (Lipinski definition) is 3. The first-order valence-corrected chi connectivity index (χ1v) is 4.60. The summed E-state index contributed by atoms with van der Waals surface area (Å²) in [6, 6.07) is 4.03. The van der Waals surface area contributed by atoms with Crippen LogP contribution in [0.1, 0.15) is 10.6 Å². The van der Waals surface area contributed by atoms with Gasteiger partial charge in [-0.05, 0) is 12.1 Å². The molecule has 1 aromatic heterocycles. The first-order chi connectivity index (χ1) is 7.61. The lowest BCUT2D eigenvalue weighted by Crippen LogP contribution is -1.98. The number of rotatable bonds is 2. The van der Waals surface area contributed by atoms with Crippen LogP contribution in [0.15, 0.2) is 29.0 Å². The van der Waals surface area contributed by atoms with E-state index in [1.807, 2.05) is 0 Å². The predicted molar refractivity (Wildman–Crippen MR) is 53.9 cm³/mol. The number of aromatic nitrogens is 1. The Morgan fingerprint density at radius 1 is 1.50 bits per heavy atom. The number of nitrogens with zero attached hydrogens (tertiary/aromatic N) is 1. The Morgan fingerprint density at radius 3 is 2.88 bits per heavy atom. The fourth-order valence-corrected chi connectivity index (χ4v) is 1.55. The lowest BCUT2D eigenvalue weighted by Gasteiger charge is -2.02. The molecule has 0 fully saturated rings. The zero-order chi connectivity index (χ0) is 11.7. The molecule has 0 bridgehead atoms. The monoisotopic (exact) mass is 241 g/mol. The molecule has 1 N–H and O–H groups in total. The summed E-state index contributed by atoms with van der Waals surface area (Å²) in [5, 5.41) is 8.88. The van der Waals surface area contributed by atoms with Crippen LogP contribution >= 0.6 is 11.6 Å². The van der Waals surface area contributed by atoms with Crippen molar-refractivity contribution >= 4 is 17.6 Å². The Morgan fingerprint density at radius 2 is 2.25 bits per heavy atom. The summed E-state index contributed by atoms with van der Waals surface area (Å²) < 4.78 is 18.2. The first-order valence-electron chi connectivity index (χ1n) is 4.22. The van der Waals surface area contributed by atoms with Gasteiger partial charge in [0.15, 0.2) is 6.39 Å². The van der Waals surface area contributed by atoms with E-state index in [-0.39, 0.29) is 16.3 Å². The zero-order valence-corrected chi connectivity index (χ0v) is 8.53. The van der Waals surface area contributed by atoms with Crippen molar-refractivity contribution in [1.29, 1.82) is 0 Å². The number of oxazole rings is 1. The van der Waals surface area contributed by atoms with E-state index in [1.54, 1.807) is 0 Å². The molecule has 2 rings (SSSR count). The third-order valence-corrected chi connectivity index (χ3v) is 2.28. The minimum atomic E-state index is -1.33. The summed E-state index contributed by atoms with van der Waals surface area (Å²) in [6.45, 7) is 0. The maximum Gasteiger partial charge on any atom is 0.374 e. The fourth-order valence-electron chi connectivity index (χ4n) is 1.30.